The second kappa shape index (κ2) is 7.24. The van der Waals surface area contributed by atoms with Gasteiger partial charge in [-0.1, -0.05) is 23.7 Å². The molecule has 0 bridgehead atoms. The average molecular weight is 324 g/mol. The van der Waals surface area contributed by atoms with Crippen molar-refractivity contribution in [3.63, 3.8) is 0 Å². The Balaban J connectivity index is 1.95. The summed E-state index contributed by atoms with van der Waals surface area (Å²) in [6.45, 7) is 0. The highest BCUT2D eigenvalue weighted by molar-refractivity contribution is 7.09. The molecule has 0 aliphatic carbocycles. The molecule has 1 heterocycles. The number of aromatic carboxylic acids is 1. The third kappa shape index (κ3) is 4.31. The smallest absolute Gasteiger partial charge is 0.337 e. The molecule has 0 aliphatic heterocycles. The molecule has 0 saturated carbocycles. The zero-order chi connectivity index (χ0) is 15.2. The number of hydrogen-bond donors (Lipinski definition) is 2. The van der Waals surface area contributed by atoms with Gasteiger partial charge in [-0.15, -0.1) is 11.3 Å². The number of thiophene rings is 1. The number of halogens is 1. The summed E-state index contributed by atoms with van der Waals surface area (Å²) < 4.78 is 0. The van der Waals surface area contributed by atoms with E-state index in [2.05, 4.69) is 5.32 Å². The summed E-state index contributed by atoms with van der Waals surface area (Å²) in [7, 11) is 0. The third-order valence-electron chi connectivity index (χ3n) is 2.92. The summed E-state index contributed by atoms with van der Waals surface area (Å²) >= 11 is 7.61. The van der Waals surface area contributed by atoms with Crippen molar-refractivity contribution in [2.24, 2.45) is 0 Å². The highest BCUT2D eigenvalue weighted by Gasteiger charge is 2.15. The van der Waals surface area contributed by atoms with Crippen molar-refractivity contribution in [1.29, 1.82) is 0 Å². The van der Waals surface area contributed by atoms with Gasteiger partial charge in [-0.3, -0.25) is 4.79 Å². The van der Waals surface area contributed by atoms with Gasteiger partial charge in [0, 0.05) is 11.3 Å². The van der Waals surface area contributed by atoms with Gasteiger partial charge in [-0.25, -0.2) is 4.79 Å². The van der Waals surface area contributed by atoms with Gasteiger partial charge in [0.05, 0.1) is 16.3 Å². The molecule has 2 N–H and O–H groups in total. The number of aryl methyl sites for hydroxylation is 1. The average Bonchev–Trinajstić information content (AvgIpc) is 2.94. The molecule has 0 aliphatic rings. The standard InChI is InChI=1S/C15H14ClNO3S/c16-12-7-2-6-11(15(19)20)14(12)17-13(18)8-1-4-10-5-3-9-21-10/h2-3,5-7,9H,1,4,8H2,(H,17,18)(H,19,20). The van der Waals surface area contributed by atoms with Crippen LogP contribution in [0.15, 0.2) is 35.7 Å². The number of carboxylic acid groups (broad SMARTS) is 1. The Hall–Kier alpha value is -1.85. The van der Waals surface area contributed by atoms with E-state index < -0.39 is 5.97 Å². The van der Waals surface area contributed by atoms with E-state index >= 15 is 0 Å². The highest BCUT2D eigenvalue weighted by Crippen LogP contribution is 2.26. The van der Waals surface area contributed by atoms with Gasteiger partial charge in [0.25, 0.3) is 0 Å². The highest BCUT2D eigenvalue weighted by atomic mass is 35.5. The lowest BCUT2D eigenvalue weighted by Gasteiger charge is -2.10. The van der Waals surface area contributed by atoms with Crippen molar-refractivity contribution in [1.82, 2.24) is 0 Å². The van der Waals surface area contributed by atoms with Crippen LogP contribution in [-0.2, 0) is 11.2 Å². The van der Waals surface area contributed by atoms with E-state index in [1.54, 1.807) is 17.4 Å². The predicted molar refractivity (Wildman–Crippen MR) is 84.3 cm³/mol. The number of carbonyl (C=O) groups is 2. The maximum atomic E-state index is 11.9. The number of carboxylic acids is 1. The van der Waals surface area contributed by atoms with Crippen LogP contribution in [0.3, 0.4) is 0 Å². The molecule has 1 aromatic heterocycles. The number of hydrogen-bond acceptors (Lipinski definition) is 3. The van der Waals surface area contributed by atoms with Crippen LogP contribution in [0.4, 0.5) is 5.69 Å². The monoisotopic (exact) mass is 323 g/mol. The Morgan fingerprint density at radius 3 is 2.71 bits per heavy atom. The number of para-hydroxylation sites is 1. The number of benzene rings is 1. The van der Waals surface area contributed by atoms with Crippen LogP contribution in [0.1, 0.15) is 28.1 Å². The molecule has 0 radical (unpaired) electrons. The minimum atomic E-state index is -1.12. The van der Waals surface area contributed by atoms with Crippen molar-refractivity contribution in [3.8, 4) is 0 Å². The Kier molecular flexibility index (Phi) is 5.36. The van der Waals surface area contributed by atoms with Crippen LogP contribution in [-0.4, -0.2) is 17.0 Å². The minimum absolute atomic E-state index is 0.00546. The van der Waals surface area contributed by atoms with Crippen LogP contribution >= 0.6 is 22.9 Å². The van der Waals surface area contributed by atoms with Crippen LogP contribution in [0.25, 0.3) is 0 Å². The SMILES string of the molecule is O=C(CCCc1cccs1)Nc1c(Cl)cccc1C(=O)O. The summed E-state index contributed by atoms with van der Waals surface area (Å²) in [5.74, 6) is -1.35. The second-order valence-electron chi connectivity index (χ2n) is 4.45. The Morgan fingerprint density at radius 1 is 1.24 bits per heavy atom. The molecule has 110 valence electrons. The molecule has 6 heteroatoms. The molecule has 0 spiro atoms. The molecular weight excluding hydrogens is 310 g/mol. The largest absolute Gasteiger partial charge is 0.478 e. The molecule has 4 nitrogen and oxygen atoms in total. The van der Waals surface area contributed by atoms with E-state index in [1.807, 2.05) is 17.5 Å². The number of rotatable bonds is 6. The van der Waals surface area contributed by atoms with Crippen molar-refractivity contribution in [3.05, 3.63) is 51.2 Å². The molecule has 2 aromatic rings. The number of amides is 1. The van der Waals surface area contributed by atoms with Crippen LogP contribution in [0, 0.1) is 0 Å². The minimum Gasteiger partial charge on any atom is -0.478 e. The fourth-order valence-electron chi connectivity index (χ4n) is 1.91. The molecular formula is C15H14ClNO3S. The first kappa shape index (κ1) is 15.5. The number of anilines is 1. The van der Waals surface area contributed by atoms with Gasteiger partial charge in [-0.05, 0) is 36.4 Å². The fraction of sp³-hybridized carbons (Fsp3) is 0.200. The van der Waals surface area contributed by atoms with Crippen molar-refractivity contribution in [2.45, 2.75) is 19.3 Å². The molecule has 0 unspecified atom stereocenters. The van der Waals surface area contributed by atoms with E-state index in [9.17, 15) is 9.59 Å². The molecule has 21 heavy (non-hydrogen) atoms. The van der Waals surface area contributed by atoms with Gasteiger partial charge in [0.1, 0.15) is 0 Å². The van der Waals surface area contributed by atoms with E-state index in [0.29, 0.717) is 12.8 Å². The zero-order valence-electron chi connectivity index (χ0n) is 11.1. The van der Waals surface area contributed by atoms with Crippen molar-refractivity contribution >= 4 is 40.5 Å². The summed E-state index contributed by atoms with van der Waals surface area (Å²) in [5, 5.41) is 13.9. The Morgan fingerprint density at radius 2 is 2.05 bits per heavy atom. The topological polar surface area (TPSA) is 66.4 Å². The summed E-state index contributed by atoms with van der Waals surface area (Å²) in [5.41, 5.74) is 0.155. The lowest BCUT2D eigenvalue weighted by molar-refractivity contribution is -0.116. The van der Waals surface area contributed by atoms with Crippen molar-refractivity contribution < 1.29 is 14.7 Å². The van der Waals surface area contributed by atoms with Crippen LogP contribution in [0.2, 0.25) is 5.02 Å². The Bertz CT molecular complexity index is 640. The van der Waals surface area contributed by atoms with E-state index in [4.69, 9.17) is 16.7 Å². The van der Waals surface area contributed by atoms with Gasteiger partial charge in [0.15, 0.2) is 0 Å². The van der Waals surface area contributed by atoms with E-state index in [1.165, 1.54) is 17.0 Å². The molecule has 1 aromatic carbocycles. The quantitative estimate of drug-likeness (QED) is 0.842. The first-order valence-electron chi connectivity index (χ1n) is 6.42. The first-order valence-corrected chi connectivity index (χ1v) is 7.67. The molecule has 0 atom stereocenters. The first-order chi connectivity index (χ1) is 10.1. The fourth-order valence-corrected chi connectivity index (χ4v) is 2.88. The zero-order valence-corrected chi connectivity index (χ0v) is 12.7. The van der Waals surface area contributed by atoms with Gasteiger partial charge >= 0.3 is 5.97 Å². The van der Waals surface area contributed by atoms with Gasteiger partial charge in [-0.2, -0.15) is 0 Å². The molecule has 0 saturated heterocycles. The second-order valence-corrected chi connectivity index (χ2v) is 5.89. The predicted octanol–water partition coefficient (Wildman–Crippen LogP) is 4.06. The van der Waals surface area contributed by atoms with E-state index in [0.717, 1.165) is 6.42 Å². The van der Waals surface area contributed by atoms with Crippen molar-refractivity contribution in [2.75, 3.05) is 5.32 Å². The van der Waals surface area contributed by atoms with Crippen LogP contribution < -0.4 is 5.32 Å². The maximum Gasteiger partial charge on any atom is 0.337 e. The molecule has 1 amide bonds. The lowest BCUT2D eigenvalue weighted by atomic mass is 10.1. The van der Waals surface area contributed by atoms with E-state index in [-0.39, 0.29) is 22.2 Å². The lowest BCUT2D eigenvalue weighted by Crippen LogP contribution is -2.15. The number of carbonyl (C=O) groups excluding carboxylic acids is 1. The number of nitrogens with one attached hydrogen (secondary N) is 1. The third-order valence-corrected chi connectivity index (χ3v) is 4.17. The summed E-state index contributed by atoms with van der Waals surface area (Å²) in [4.78, 5) is 24.3. The Labute approximate surface area is 131 Å². The van der Waals surface area contributed by atoms with Crippen LogP contribution in [0.5, 0.6) is 0 Å². The summed E-state index contributed by atoms with van der Waals surface area (Å²) in [6.07, 6.45) is 1.86. The normalized spacial score (nSPS) is 10.3. The van der Waals surface area contributed by atoms with Gasteiger partial charge < -0.3 is 10.4 Å². The summed E-state index contributed by atoms with van der Waals surface area (Å²) in [6, 6.07) is 8.51. The molecule has 2 rings (SSSR count). The van der Waals surface area contributed by atoms with Gasteiger partial charge in [0.2, 0.25) is 5.91 Å². The maximum absolute atomic E-state index is 11.9. The molecule has 0 fully saturated rings.